The lowest BCUT2D eigenvalue weighted by atomic mass is 10.2. The normalized spacial score (nSPS) is 23.6. The molecule has 4 heterocycles. The van der Waals surface area contributed by atoms with E-state index in [4.69, 9.17) is 4.74 Å². The van der Waals surface area contributed by atoms with E-state index >= 15 is 0 Å². The summed E-state index contributed by atoms with van der Waals surface area (Å²) in [4.78, 5) is 23.5. The minimum atomic E-state index is 0.0632. The average molecular weight is 415 g/mol. The third kappa shape index (κ3) is 5.38. The minimum Gasteiger partial charge on any atom is -0.373 e. The van der Waals surface area contributed by atoms with Crippen LogP contribution in [0.5, 0.6) is 0 Å². The Labute approximate surface area is 176 Å². The Morgan fingerprint density at radius 1 is 1.10 bits per heavy atom. The molecule has 0 aliphatic carbocycles. The summed E-state index contributed by atoms with van der Waals surface area (Å²) in [5.74, 6) is 0.785. The Morgan fingerprint density at radius 3 is 2.57 bits per heavy atom. The smallest absolute Gasteiger partial charge is 0.244 e. The molecule has 2 atom stereocenters. The van der Waals surface area contributed by atoms with Crippen LogP contribution in [-0.4, -0.2) is 97.3 Å². The van der Waals surface area contributed by atoms with Gasteiger partial charge in [-0.15, -0.1) is 5.10 Å². The summed E-state index contributed by atoms with van der Waals surface area (Å²) in [7, 11) is 0. The number of tetrazole rings is 1. The van der Waals surface area contributed by atoms with Crippen LogP contribution in [-0.2, 0) is 29.2 Å². The fourth-order valence-electron chi connectivity index (χ4n) is 4.21. The molecule has 0 unspecified atom stereocenters. The molecule has 2 aromatic heterocycles. The molecular weight excluding hydrogens is 384 g/mol. The van der Waals surface area contributed by atoms with Gasteiger partial charge in [0.15, 0.2) is 5.82 Å². The Bertz CT molecular complexity index is 811. The van der Waals surface area contributed by atoms with E-state index in [1.54, 1.807) is 10.9 Å². The molecule has 0 aromatic carbocycles. The highest BCUT2D eigenvalue weighted by Gasteiger charge is 2.26. The second-order valence-electron chi connectivity index (χ2n) is 8.22. The predicted molar refractivity (Wildman–Crippen MR) is 109 cm³/mol. The summed E-state index contributed by atoms with van der Waals surface area (Å²) in [6.45, 7) is 10.6. The van der Waals surface area contributed by atoms with E-state index in [1.165, 1.54) is 5.56 Å². The summed E-state index contributed by atoms with van der Waals surface area (Å²) in [5.41, 5.74) is 1.20. The van der Waals surface area contributed by atoms with Gasteiger partial charge in [0.25, 0.3) is 0 Å². The Balaban J connectivity index is 1.27. The number of aromatic nitrogens is 5. The maximum atomic E-state index is 12.8. The Hall–Kier alpha value is -2.43. The van der Waals surface area contributed by atoms with Gasteiger partial charge in [-0.05, 0) is 35.9 Å². The standard InChI is InChI=1S/C20H30N8O2/c1-16-11-26(12-17(2)30-16)14-19-22-23-24-28(19)15-20(29)27-8-6-25(7-9-27)13-18-4-3-5-21-10-18/h3-5,10,16-17H,6-9,11-15H2,1-2H3/t16-,17+. The molecular formula is C20H30N8O2. The minimum absolute atomic E-state index is 0.0632. The molecule has 0 N–H and O–H groups in total. The van der Waals surface area contributed by atoms with Crippen LogP contribution in [0.2, 0.25) is 0 Å². The van der Waals surface area contributed by atoms with Crippen LogP contribution in [0.4, 0.5) is 0 Å². The zero-order chi connectivity index (χ0) is 20.9. The van der Waals surface area contributed by atoms with Crippen LogP contribution in [0, 0.1) is 0 Å². The van der Waals surface area contributed by atoms with Crippen LogP contribution in [0.15, 0.2) is 24.5 Å². The van der Waals surface area contributed by atoms with Crippen molar-refractivity contribution in [1.82, 2.24) is 39.9 Å². The van der Waals surface area contributed by atoms with Gasteiger partial charge in [-0.3, -0.25) is 19.6 Å². The Kier molecular flexibility index (Phi) is 6.66. The molecule has 162 valence electrons. The first kappa shape index (κ1) is 20.8. The van der Waals surface area contributed by atoms with Gasteiger partial charge in [0, 0.05) is 58.2 Å². The molecule has 4 rings (SSSR count). The molecule has 30 heavy (non-hydrogen) atoms. The van der Waals surface area contributed by atoms with Gasteiger partial charge in [0.2, 0.25) is 5.91 Å². The number of pyridine rings is 1. The van der Waals surface area contributed by atoms with Crippen molar-refractivity contribution in [3.05, 3.63) is 35.9 Å². The second-order valence-corrected chi connectivity index (χ2v) is 8.22. The van der Waals surface area contributed by atoms with Crippen LogP contribution in [0.25, 0.3) is 0 Å². The number of carbonyl (C=O) groups excluding carboxylic acids is 1. The van der Waals surface area contributed by atoms with Crippen molar-refractivity contribution >= 4 is 5.91 Å². The van der Waals surface area contributed by atoms with Crippen molar-refractivity contribution < 1.29 is 9.53 Å². The monoisotopic (exact) mass is 414 g/mol. The molecule has 0 radical (unpaired) electrons. The molecule has 10 nitrogen and oxygen atoms in total. The van der Waals surface area contributed by atoms with E-state index in [-0.39, 0.29) is 24.7 Å². The highest BCUT2D eigenvalue weighted by atomic mass is 16.5. The lowest BCUT2D eigenvalue weighted by Gasteiger charge is -2.35. The van der Waals surface area contributed by atoms with E-state index in [9.17, 15) is 4.79 Å². The van der Waals surface area contributed by atoms with Gasteiger partial charge < -0.3 is 9.64 Å². The molecule has 0 spiro atoms. The average Bonchev–Trinajstić information content (AvgIpc) is 3.15. The van der Waals surface area contributed by atoms with Crippen molar-refractivity contribution in [2.45, 2.75) is 45.7 Å². The fraction of sp³-hybridized carbons (Fsp3) is 0.650. The van der Waals surface area contributed by atoms with Gasteiger partial charge in [0.1, 0.15) is 6.54 Å². The van der Waals surface area contributed by atoms with E-state index < -0.39 is 0 Å². The Morgan fingerprint density at radius 2 is 1.87 bits per heavy atom. The fourth-order valence-corrected chi connectivity index (χ4v) is 4.21. The number of hydrogen-bond acceptors (Lipinski definition) is 8. The van der Waals surface area contributed by atoms with E-state index in [0.717, 1.165) is 51.6 Å². The lowest BCUT2D eigenvalue weighted by Crippen LogP contribution is -2.49. The summed E-state index contributed by atoms with van der Waals surface area (Å²) in [6, 6.07) is 4.04. The van der Waals surface area contributed by atoms with Crippen molar-refractivity contribution in [1.29, 1.82) is 0 Å². The van der Waals surface area contributed by atoms with Crippen molar-refractivity contribution in [3.8, 4) is 0 Å². The SMILES string of the molecule is C[C@@H]1CN(Cc2nnnn2CC(=O)N2CCN(Cc3cccnc3)CC2)C[C@H](C)O1. The topological polar surface area (TPSA) is 92.5 Å². The highest BCUT2D eigenvalue weighted by Crippen LogP contribution is 2.13. The quantitative estimate of drug-likeness (QED) is 0.653. The van der Waals surface area contributed by atoms with Gasteiger partial charge in [-0.2, -0.15) is 0 Å². The van der Waals surface area contributed by atoms with Crippen LogP contribution < -0.4 is 0 Å². The summed E-state index contributed by atoms with van der Waals surface area (Å²) in [5, 5.41) is 12.0. The summed E-state index contributed by atoms with van der Waals surface area (Å²) in [6.07, 6.45) is 4.05. The lowest BCUT2D eigenvalue weighted by molar-refractivity contribution is -0.134. The first-order chi connectivity index (χ1) is 14.6. The summed E-state index contributed by atoms with van der Waals surface area (Å²) < 4.78 is 7.42. The molecule has 2 saturated heterocycles. The number of carbonyl (C=O) groups is 1. The molecule has 2 aliphatic heterocycles. The number of hydrogen-bond donors (Lipinski definition) is 0. The number of nitrogens with zero attached hydrogens (tertiary/aromatic N) is 8. The van der Waals surface area contributed by atoms with E-state index in [0.29, 0.717) is 6.54 Å². The van der Waals surface area contributed by atoms with Crippen molar-refractivity contribution in [2.24, 2.45) is 0 Å². The van der Waals surface area contributed by atoms with Crippen molar-refractivity contribution in [2.75, 3.05) is 39.3 Å². The first-order valence-electron chi connectivity index (χ1n) is 10.6. The number of ether oxygens (including phenoxy) is 1. The maximum Gasteiger partial charge on any atom is 0.244 e. The largest absolute Gasteiger partial charge is 0.373 e. The summed E-state index contributed by atoms with van der Waals surface area (Å²) >= 11 is 0. The van der Waals surface area contributed by atoms with Gasteiger partial charge in [0.05, 0.1) is 18.8 Å². The molecule has 1 amide bonds. The van der Waals surface area contributed by atoms with Gasteiger partial charge >= 0.3 is 0 Å². The van der Waals surface area contributed by atoms with E-state index in [1.807, 2.05) is 17.2 Å². The molecule has 0 bridgehead atoms. The highest BCUT2D eigenvalue weighted by molar-refractivity contribution is 5.76. The third-order valence-corrected chi connectivity index (χ3v) is 5.61. The molecule has 2 aliphatic rings. The number of rotatable bonds is 6. The molecule has 0 saturated carbocycles. The van der Waals surface area contributed by atoms with Crippen LogP contribution >= 0.6 is 0 Å². The van der Waals surface area contributed by atoms with Gasteiger partial charge in [-0.1, -0.05) is 6.07 Å². The maximum absolute atomic E-state index is 12.8. The van der Waals surface area contributed by atoms with Crippen LogP contribution in [0.3, 0.4) is 0 Å². The van der Waals surface area contributed by atoms with E-state index in [2.05, 4.69) is 50.2 Å². The van der Waals surface area contributed by atoms with Crippen LogP contribution in [0.1, 0.15) is 25.2 Å². The molecule has 2 aromatic rings. The third-order valence-electron chi connectivity index (χ3n) is 5.61. The van der Waals surface area contributed by atoms with Crippen molar-refractivity contribution in [3.63, 3.8) is 0 Å². The molecule has 2 fully saturated rings. The first-order valence-corrected chi connectivity index (χ1v) is 10.6. The predicted octanol–water partition coefficient (Wildman–Crippen LogP) is 0.0217. The zero-order valence-electron chi connectivity index (χ0n) is 17.7. The second kappa shape index (κ2) is 9.59. The number of piperazine rings is 1. The molecule has 10 heteroatoms. The number of amides is 1. The number of morpholine rings is 1. The van der Waals surface area contributed by atoms with Gasteiger partial charge in [-0.25, -0.2) is 4.68 Å². The zero-order valence-corrected chi connectivity index (χ0v) is 17.7.